The van der Waals surface area contributed by atoms with Crippen molar-refractivity contribution < 1.29 is 41.6 Å². The van der Waals surface area contributed by atoms with E-state index in [4.69, 9.17) is 15.9 Å². The molecule has 0 aliphatic carbocycles. The van der Waals surface area contributed by atoms with Crippen LogP contribution in [0.5, 0.6) is 0 Å². The number of sulfonamides is 2. The van der Waals surface area contributed by atoms with Crippen molar-refractivity contribution in [3.8, 4) is 22.3 Å². The summed E-state index contributed by atoms with van der Waals surface area (Å²) in [5, 5.41) is 29.6. The van der Waals surface area contributed by atoms with Gasteiger partial charge in [-0.2, -0.15) is 0 Å². The fourth-order valence-corrected chi connectivity index (χ4v) is 7.48. The maximum absolute atomic E-state index is 12.7. The first-order valence-electron chi connectivity index (χ1n) is 15.9. The van der Waals surface area contributed by atoms with Crippen molar-refractivity contribution >= 4 is 54.7 Å². The number of aromatic carboxylic acids is 2. The zero-order valence-electron chi connectivity index (χ0n) is 29.2. The van der Waals surface area contributed by atoms with Gasteiger partial charge in [0.15, 0.2) is 0 Å². The monoisotopic (exact) mass is 798 g/mol. The molecule has 2 aromatic heterocycles. The minimum Gasteiger partial charge on any atom is -0.478 e. The molecule has 6 aromatic rings. The van der Waals surface area contributed by atoms with Crippen molar-refractivity contribution in [1.82, 2.24) is 19.9 Å². The molecule has 6 rings (SSSR count). The average molecular weight is 799 g/mol. The predicted molar refractivity (Wildman–Crippen MR) is 204 cm³/mol. The van der Waals surface area contributed by atoms with Crippen molar-refractivity contribution in [2.45, 2.75) is 23.6 Å². The zero-order valence-corrected chi connectivity index (χ0v) is 30.8. The van der Waals surface area contributed by atoms with E-state index in [1.165, 1.54) is 73.6 Å². The molecule has 20 heteroatoms. The van der Waals surface area contributed by atoms with Crippen molar-refractivity contribution in [2.24, 2.45) is 0 Å². The minimum atomic E-state index is -4.29. The molecule has 0 bridgehead atoms. The van der Waals surface area contributed by atoms with Gasteiger partial charge in [-0.15, -0.1) is 0 Å². The van der Waals surface area contributed by atoms with Gasteiger partial charge in [0.2, 0.25) is 0 Å². The summed E-state index contributed by atoms with van der Waals surface area (Å²) in [4.78, 5) is 48.2. The summed E-state index contributed by atoms with van der Waals surface area (Å²) in [6.45, 7) is 3.48. The number of rotatable bonds is 11. The van der Waals surface area contributed by atoms with E-state index in [2.05, 4.69) is 29.4 Å². The number of hydrogen-bond acceptors (Lipinski definition) is 13. The third-order valence-corrected chi connectivity index (χ3v) is 10.7. The summed E-state index contributed by atoms with van der Waals surface area (Å²) in [5.74, 6) is -2.51. The van der Waals surface area contributed by atoms with Crippen molar-refractivity contribution in [3.63, 3.8) is 0 Å². The molecule has 0 radical (unpaired) electrons. The molecule has 4 aromatic carbocycles. The van der Waals surface area contributed by atoms with Gasteiger partial charge in [0.25, 0.3) is 25.7 Å². The van der Waals surface area contributed by atoms with Crippen LogP contribution in [0.15, 0.2) is 120 Å². The Morgan fingerprint density at radius 2 is 1.07 bits per heavy atom. The number of carboxylic acids is 2. The lowest BCUT2D eigenvalue weighted by atomic mass is 10.0. The molecule has 0 atom stereocenters. The maximum atomic E-state index is 12.7. The number of hydrogen-bond donors (Lipinski definition) is 5. The van der Waals surface area contributed by atoms with E-state index in [1.54, 1.807) is 31.5 Å². The number of aromatic nitrogens is 4. The second kappa shape index (κ2) is 16.4. The van der Waals surface area contributed by atoms with Gasteiger partial charge < -0.3 is 15.9 Å². The summed E-state index contributed by atoms with van der Waals surface area (Å²) < 4.78 is 55.4. The Labute approximate surface area is 319 Å². The Balaban J connectivity index is 0.000000215. The Hall–Kier alpha value is -7.32. The van der Waals surface area contributed by atoms with E-state index in [0.29, 0.717) is 22.3 Å². The molecular weight excluding hydrogens is 769 g/mol. The Morgan fingerprint density at radius 3 is 1.50 bits per heavy atom. The highest BCUT2D eigenvalue weighted by Crippen LogP contribution is 2.35. The van der Waals surface area contributed by atoms with Crippen LogP contribution in [0.2, 0.25) is 0 Å². The summed E-state index contributed by atoms with van der Waals surface area (Å²) in [6.07, 6.45) is 8.93. The lowest BCUT2D eigenvalue weighted by Crippen LogP contribution is -2.15. The van der Waals surface area contributed by atoms with Gasteiger partial charge >= 0.3 is 11.9 Å². The number of carbonyl (C=O) groups is 2. The summed E-state index contributed by atoms with van der Waals surface area (Å²) in [6, 6.07) is 15.6. The van der Waals surface area contributed by atoms with Gasteiger partial charge in [-0.05, 0) is 90.7 Å². The zero-order chi connectivity index (χ0) is 40.8. The van der Waals surface area contributed by atoms with E-state index in [1.807, 2.05) is 6.92 Å². The highest BCUT2D eigenvalue weighted by molar-refractivity contribution is 7.93. The van der Waals surface area contributed by atoms with Gasteiger partial charge in [-0.3, -0.25) is 19.6 Å². The molecular formula is C36H30N8O10S2. The third kappa shape index (κ3) is 9.24. The number of nitro groups is 1. The highest BCUT2D eigenvalue weighted by atomic mass is 32.2. The predicted octanol–water partition coefficient (Wildman–Crippen LogP) is 5.39. The quantitative estimate of drug-likeness (QED) is 0.0623. The van der Waals surface area contributed by atoms with E-state index in [0.717, 1.165) is 23.3 Å². The van der Waals surface area contributed by atoms with E-state index >= 15 is 0 Å². The molecule has 0 saturated heterocycles. The number of carboxylic acid groups (broad SMARTS) is 2. The van der Waals surface area contributed by atoms with Gasteiger partial charge in [0, 0.05) is 42.0 Å². The van der Waals surface area contributed by atoms with Gasteiger partial charge in [0.1, 0.15) is 18.3 Å². The molecule has 0 amide bonds. The second-order valence-corrected chi connectivity index (χ2v) is 15.2. The number of nitrogen functional groups attached to an aromatic ring is 1. The summed E-state index contributed by atoms with van der Waals surface area (Å²) in [7, 11) is -8.31. The van der Waals surface area contributed by atoms with E-state index in [9.17, 15) is 36.5 Å². The first-order chi connectivity index (χ1) is 26.5. The molecule has 2 heterocycles. The fraction of sp³-hybridized carbons (Fsp3) is 0.0556. The van der Waals surface area contributed by atoms with Crippen LogP contribution in [0.4, 0.5) is 22.7 Å². The summed E-state index contributed by atoms with van der Waals surface area (Å²) in [5.41, 5.74) is 9.19. The largest absolute Gasteiger partial charge is 0.478 e. The first-order valence-corrected chi connectivity index (χ1v) is 18.9. The number of nitrogens with zero attached hydrogens (tertiary/aromatic N) is 5. The van der Waals surface area contributed by atoms with Gasteiger partial charge in [-0.1, -0.05) is 12.1 Å². The molecule has 286 valence electrons. The van der Waals surface area contributed by atoms with Crippen molar-refractivity contribution in [1.29, 1.82) is 0 Å². The van der Waals surface area contributed by atoms with Crippen LogP contribution in [0, 0.1) is 24.0 Å². The number of benzene rings is 4. The number of anilines is 3. The van der Waals surface area contributed by atoms with Crippen molar-refractivity contribution in [3.05, 3.63) is 143 Å². The highest BCUT2D eigenvalue weighted by Gasteiger charge is 2.24. The number of nitrogens with one attached hydrogen (secondary N) is 2. The normalized spacial score (nSPS) is 11.1. The van der Waals surface area contributed by atoms with Crippen LogP contribution >= 0.6 is 0 Å². The fourth-order valence-electron chi connectivity index (χ4n) is 5.24. The minimum absolute atomic E-state index is 0.128. The topological polar surface area (TPSA) is 288 Å². The SMILES string of the molecule is Cc1cc(N)c(NS(=O)(=O)c2cccc(C(=O)O)c2)cc1-c1cncnc1.Cc1cc([N+](=O)[O-])c(NS(=O)(=O)c2cccc(C(=O)O)c2)cc1-c1cncnc1. The van der Waals surface area contributed by atoms with Crippen LogP contribution in [0.1, 0.15) is 31.8 Å². The molecule has 56 heavy (non-hydrogen) atoms. The standard InChI is InChI=1S/C18H14N4O6S.C18H16N4O4S/c1-11-5-17(22(25)26)16(7-15(11)13-8-19-10-20-9-13)21-29(27,28)14-4-2-3-12(6-14)18(23)24;1-11-5-16(19)17(7-15(11)13-8-20-10-21-9-13)22-27(25,26)14-4-2-3-12(6-14)18(23)24/h2-10,21H,1H3,(H,23,24);2-10,22H,19H2,1H3,(H,23,24). The molecule has 0 aliphatic rings. The van der Waals surface area contributed by atoms with E-state index in [-0.39, 0.29) is 38.0 Å². The molecule has 0 spiro atoms. The number of nitrogens with two attached hydrogens (primary N) is 1. The van der Waals surface area contributed by atoms with Crippen LogP contribution in [0.25, 0.3) is 22.3 Å². The Morgan fingerprint density at radius 1 is 0.661 bits per heavy atom. The van der Waals surface area contributed by atoms with Crippen molar-refractivity contribution in [2.75, 3.05) is 15.2 Å². The molecule has 18 nitrogen and oxygen atoms in total. The number of aryl methyl sites for hydroxylation is 2. The smallest absolute Gasteiger partial charge is 0.335 e. The summed E-state index contributed by atoms with van der Waals surface area (Å²) >= 11 is 0. The van der Waals surface area contributed by atoms with Crippen LogP contribution in [-0.4, -0.2) is 63.8 Å². The van der Waals surface area contributed by atoms with Gasteiger partial charge in [-0.25, -0.2) is 46.4 Å². The second-order valence-electron chi connectivity index (χ2n) is 11.8. The number of nitro benzene ring substituents is 1. The Kier molecular flexibility index (Phi) is 11.7. The Bertz CT molecular complexity index is 2700. The van der Waals surface area contributed by atoms with Gasteiger partial charge in [0.05, 0.1) is 37.2 Å². The van der Waals surface area contributed by atoms with Crippen LogP contribution in [0.3, 0.4) is 0 Å². The molecule has 0 fully saturated rings. The van der Waals surface area contributed by atoms with E-state index < -0.39 is 42.6 Å². The molecule has 0 aliphatic heterocycles. The lowest BCUT2D eigenvalue weighted by Gasteiger charge is -2.14. The third-order valence-electron chi connectivity index (χ3n) is 7.95. The van der Waals surface area contributed by atoms with Crippen LogP contribution in [-0.2, 0) is 20.0 Å². The first kappa shape index (κ1) is 39.9. The molecule has 0 unspecified atom stereocenters. The van der Waals surface area contributed by atoms with Crippen LogP contribution < -0.4 is 15.2 Å². The average Bonchev–Trinajstić information content (AvgIpc) is 3.17. The molecule has 0 saturated carbocycles. The lowest BCUT2D eigenvalue weighted by molar-refractivity contribution is -0.383. The maximum Gasteiger partial charge on any atom is 0.335 e. The molecule has 6 N–H and O–H groups in total.